The van der Waals surface area contributed by atoms with E-state index in [2.05, 4.69) is 22.2 Å². The molecule has 1 saturated heterocycles. The molecule has 2 atom stereocenters. The highest BCUT2D eigenvalue weighted by Gasteiger charge is 2.23. The topological polar surface area (TPSA) is 56.3 Å². The maximum absolute atomic E-state index is 5.83. The number of methoxy groups -OCH3 is 1. The average molecular weight is 237 g/mol. The van der Waals surface area contributed by atoms with Crippen molar-refractivity contribution in [2.24, 2.45) is 5.92 Å². The molecule has 2 rings (SSSR count). The minimum absolute atomic E-state index is 0.134. The first-order chi connectivity index (χ1) is 8.19. The van der Waals surface area contributed by atoms with Gasteiger partial charge in [-0.1, -0.05) is 6.92 Å². The molecule has 0 bridgehead atoms. The van der Waals surface area contributed by atoms with Gasteiger partial charge >= 0.3 is 6.01 Å². The van der Waals surface area contributed by atoms with Crippen molar-refractivity contribution in [2.75, 3.05) is 20.2 Å². The lowest BCUT2D eigenvalue weighted by atomic mass is 9.97. The number of rotatable bonds is 3. The Morgan fingerprint density at radius 2 is 2.24 bits per heavy atom. The summed E-state index contributed by atoms with van der Waals surface area (Å²) in [7, 11) is 1.59. The van der Waals surface area contributed by atoms with Gasteiger partial charge in [0.2, 0.25) is 5.88 Å². The normalized spacial score (nSPS) is 24.4. The molecule has 2 heterocycles. The van der Waals surface area contributed by atoms with Crippen LogP contribution in [-0.4, -0.2) is 36.3 Å². The van der Waals surface area contributed by atoms with Crippen LogP contribution in [0.5, 0.6) is 11.9 Å². The zero-order valence-electron chi connectivity index (χ0n) is 10.6. The lowest BCUT2D eigenvalue weighted by molar-refractivity contribution is 0.103. The largest absolute Gasteiger partial charge is 0.481 e. The summed E-state index contributed by atoms with van der Waals surface area (Å²) in [6, 6.07) is 2.19. The van der Waals surface area contributed by atoms with E-state index in [1.807, 2.05) is 6.92 Å². The van der Waals surface area contributed by atoms with Crippen LogP contribution < -0.4 is 14.8 Å². The van der Waals surface area contributed by atoms with Gasteiger partial charge in [-0.05, 0) is 25.8 Å². The molecule has 0 amide bonds. The monoisotopic (exact) mass is 237 g/mol. The molecule has 17 heavy (non-hydrogen) atoms. The highest BCUT2D eigenvalue weighted by molar-refractivity contribution is 5.17. The molecular weight excluding hydrogens is 218 g/mol. The van der Waals surface area contributed by atoms with Crippen LogP contribution in [0.4, 0.5) is 0 Å². The summed E-state index contributed by atoms with van der Waals surface area (Å²) < 4.78 is 10.9. The molecule has 1 aliphatic rings. The zero-order valence-corrected chi connectivity index (χ0v) is 10.6. The van der Waals surface area contributed by atoms with Crippen LogP contribution in [0.25, 0.3) is 0 Å². The molecule has 0 aromatic carbocycles. The van der Waals surface area contributed by atoms with Crippen LogP contribution >= 0.6 is 0 Å². The first-order valence-electron chi connectivity index (χ1n) is 5.96. The summed E-state index contributed by atoms with van der Waals surface area (Å²) in [6.07, 6.45) is 1.25. The quantitative estimate of drug-likeness (QED) is 0.855. The van der Waals surface area contributed by atoms with Crippen LogP contribution in [-0.2, 0) is 0 Å². The van der Waals surface area contributed by atoms with E-state index in [4.69, 9.17) is 9.47 Å². The summed E-state index contributed by atoms with van der Waals surface area (Å²) in [6.45, 7) is 6.00. The predicted octanol–water partition coefficient (Wildman–Crippen LogP) is 1.17. The number of nitrogens with one attached hydrogen (secondary N) is 1. The van der Waals surface area contributed by atoms with Crippen molar-refractivity contribution in [3.63, 3.8) is 0 Å². The van der Waals surface area contributed by atoms with Crippen LogP contribution in [0.15, 0.2) is 6.07 Å². The minimum Gasteiger partial charge on any atom is -0.481 e. The summed E-state index contributed by atoms with van der Waals surface area (Å²) in [5.74, 6) is 1.07. The van der Waals surface area contributed by atoms with Gasteiger partial charge in [0.1, 0.15) is 6.10 Å². The minimum atomic E-state index is 0.134. The van der Waals surface area contributed by atoms with Gasteiger partial charge in [-0.15, -0.1) is 0 Å². The van der Waals surface area contributed by atoms with Gasteiger partial charge in [0.25, 0.3) is 0 Å². The summed E-state index contributed by atoms with van der Waals surface area (Å²) in [5, 5.41) is 3.32. The summed E-state index contributed by atoms with van der Waals surface area (Å²) >= 11 is 0. The lowest BCUT2D eigenvalue weighted by Crippen LogP contribution is -2.43. The van der Waals surface area contributed by atoms with Crippen LogP contribution in [0.1, 0.15) is 19.0 Å². The third-order valence-corrected chi connectivity index (χ3v) is 3.03. The smallest absolute Gasteiger partial charge is 0.320 e. The van der Waals surface area contributed by atoms with E-state index in [-0.39, 0.29) is 6.10 Å². The average Bonchev–Trinajstić information content (AvgIpc) is 2.31. The highest BCUT2D eigenvalue weighted by Crippen LogP contribution is 2.19. The Morgan fingerprint density at radius 3 is 2.94 bits per heavy atom. The molecule has 94 valence electrons. The van der Waals surface area contributed by atoms with E-state index in [0.29, 0.717) is 17.8 Å². The Bertz CT molecular complexity index is 384. The Labute approximate surface area is 102 Å². The Hall–Kier alpha value is -1.36. The van der Waals surface area contributed by atoms with Gasteiger partial charge in [-0.2, -0.15) is 4.98 Å². The number of nitrogens with zero attached hydrogens (tertiary/aromatic N) is 2. The fourth-order valence-electron chi connectivity index (χ4n) is 1.92. The molecule has 1 N–H and O–H groups in total. The second kappa shape index (κ2) is 5.31. The Balaban J connectivity index is 2.09. The molecule has 0 aliphatic carbocycles. The highest BCUT2D eigenvalue weighted by atomic mass is 16.5. The third-order valence-electron chi connectivity index (χ3n) is 3.03. The molecule has 0 radical (unpaired) electrons. The Kier molecular flexibility index (Phi) is 3.78. The van der Waals surface area contributed by atoms with Crippen molar-refractivity contribution >= 4 is 0 Å². The van der Waals surface area contributed by atoms with Gasteiger partial charge < -0.3 is 14.8 Å². The number of aromatic nitrogens is 2. The van der Waals surface area contributed by atoms with E-state index in [1.54, 1.807) is 13.2 Å². The summed E-state index contributed by atoms with van der Waals surface area (Å²) in [4.78, 5) is 8.47. The lowest BCUT2D eigenvalue weighted by Gasteiger charge is -2.29. The fourth-order valence-corrected chi connectivity index (χ4v) is 1.92. The first-order valence-corrected chi connectivity index (χ1v) is 5.96. The molecule has 0 spiro atoms. The second-order valence-electron chi connectivity index (χ2n) is 4.46. The zero-order chi connectivity index (χ0) is 12.3. The number of aryl methyl sites for hydroxylation is 1. The SMILES string of the molecule is COc1cc(C)nc(OC2CNCCC2C)n1. The van der Waals surface area contributed by atoms with Crippen LogP contribution in [0.3, 0.4) is 0 Å². The van der Waals surface area contributed by atoms with Gasteiger partial charge in [0.15, 0.2) is 0 Å². The third kappa shape index (κ3) is 3.06. The number of hydrogen-bond donors (Lipinski definition) is 1. The number of ether oxygens (including phenoxy) is 2. The predicted molar refractivity (Wildman–Crippen MR) is 64.4 cm³/mol. The van der Waals surface area contributed by atoms with Crippen molar-refractivity contribution in [2.45, 2.75) is 26.4 Å². The number of hydrogen-bond acceptors (Lipinski definition) is 5. The van der Waals surface area contributed by atoms with Gasteiger partial charge in [-0.25, -0.2) is 4.98 Å². The van der Waals surface area contributed by atoms with Crippen molar-refractivity contribution in [3.05, 3.63) is 11.8 Å². The summed E-state index contributed by atoms with van der Waals surface area (Å²) in [5.41, 5.74) is 0.850. The number of piperidine rings is 1. The van der Waals surface area contributed by atoms with E-state index < -0.39 is 0 Å². The van der Waals surface area contributed by atoms with Crippen LogP contribution in [0, 0.1) is 12.8 Å². The maximum atomic E-state index is 5.83. The van der Waals surface area contributed by atoms with E-state index in [1.165, 1.54) is 0 Å². The van der Waals surface area contributed by atoms with Crippen LogP contribution in [0.2, 0.25) is 0 Å². The molecule has 0 saturated carbocycles. The molecule has 2 unspecified atom stereocenters. The molecule has 5 nitrogen and oxygen atoms in total. The van der Waals surface area contributed by atoms with Gasteiger partial charge in [0, 0.05) is 18.3 Å². The first kappa shape index (κ1) is 12.1. The maximum Gasteiger partial charge on any atom is 0.320 e. The molecule has 1 aliphatic heterocycles. The van der Waals surface area contributed by atoms with Crippen molar-refractivity contribution in [1.29, 1.82) is 0 Å². The standard InChI is InChI=1S/C12H19N3O2/c1-8-4-5-13-7-10(8)17-12-14-9(2)6-11(15-12)16-3/h6,8,10,13H,4-5,7H2,1-3H3. The van der Waals surface area contributed by atoms with Crippen molar-refractivity contribution in [1.82, 2.24) is 15.3 Å². The second-order valence-corrected chi connectivity index (χ2v) is 4.46. The van der Waals surface area contributed by atoms with E-state index in [0.717, 1.165) is 25.2 Å². The van der Waals surface area contributed by atoms with Gasteiger partial charge in [0.05, 0.1) is 7.11 Å². The van der Waals surface area contributed by atoms with Crippen molar-refractivity contribution < 1.29 is 9.47 Å². The molecule has 5 heteroatoms. The van der Waals surface area contributed by atoms with E-state index in [9.17, 15) is 0 Å². The van der Waals surface area contributed by atoms with Crippen molar-refractivity contribution in [3.8, 4) is 11.9 Å². The van der Waals surface area contributed by atoms with E-state index >= 15 is 0 Å². The molecular formula is C12H19N3O2. The molecule has 1 aromatic heterocycles. The molecule has 1 fully saturated rings. The van der Waals surface area contributed by atoms with Gasteiger partial charge in [-0.3, -0.25) is 0 Å². The Morgan fingerprint density at radius 1 is 1.41 bits per heavy atom. The molecule has 1 aromatic rings. The fraction of sp³-hybridized carbons (Fsp3) is 0.667.